The predicted octanol–water partition coefficient (Wildman–Crippen LogP) is 4.31. The van der Waals surface area contributed by atoms with Crippen molar-refractivity contribution in [2.45, 2.75) is 6.04 Å². The molecule has 0 aliphatic rings. The monoisotopic (exact) mass is 373 g/mol. The first-order valence-corrected chi connectivity index (χ1v) is 7.27. The Morgan fingerprint density at radius 1 is 1.14 bits per heavy atom. The number of benzene rings is 2. The van der Waals surface area contributed by atoms with E-state index in [1.807, 2.05) is 0 Å². The normalized spacial score (nSPS) is 12.1. The Hall–Kier alpha value is -1.30. The van der Waals surface area contributed by atoms with E-state index in [1.54, 1.807) is 32.4 Å². The van der Waals surface area contributed by atoms with Gasteiger partial charge in [0.2, 0.25) is 0 Å². The van der Waals surface area contributed by atoms with Gasteiger partial charge in [-0.15, -0.1) is 0 Å². The number of hydrogen-bond acceptors (Lipinski definition) is 3. The molecule has 0 bridgehead atoms. The van der Waals surface area contributed by atoms with Gasteiger partial charge >= 0.3 is 0 Å². The average Bonchev–Trinajstić information content (AvgIpc) is 2.49. The second-order valence-electron chi connectivity index (χ2n) is 4.38. The molecular weight excluding hydrogens is 361 g/mol. The fourth-order valence-corrected chi connectivity index (χ4v) is 2.61. The second kappa shape index (κ2) is 6.64. The standard InChI is InChI=1S/C15H14BrClFNO2/c1-20-13-7-10(16)14(21-2)6-9(13)15(19)8-3-4-11(17)12(18)5-8/h3-7,15H,19H2,1-2H3. The summed E-state index contributed by atoms with van der Waals surface area (Å²) < 4.78 is 24.9. The number of ether oxygens (including phenoxy) is 2. The first-order valence-electron chi connectivity index (χ1n) is 6.10. The summed E-state index contributed by atoms with van der Waals surface area (Å²) in [5, 5.41) is 0.0614. The molecular formula is C15H14BrClFNO2. The molecule has 0 aliphatic carbocycles. The van der Waals surface area contributed by atoms with Gasteiger partial charge in [-0.3, -0.25) is 0 Å². The van der Waals surface area contributed by atoms with Crippen LogP contribution in [0.4, 0.5) is 4.39 Å². The molecule has 0 amide bonds. The summed E-state index contributed by atoms with van der Waals surface area (Å²) in [7, 11) is 3.11. The first kappa shape index (κ1) is 16.1. The molecule has 3 nitrogen and oxygen atoms in total. The van der Waals surface area contributed by atoms with Crippen LogP contribution in [0.2, 0.25) is 5.02 Å². The van der Waals surface area contributed by atoms with Crippen LogP contribution in [0.15, 0.2) is 34.8 Å². The molecule has 2 N–H and O–H groups in total. The van der Waals surface area contributed by atoms with Crippen molar-refractivity contribution in [3.8, 4) is 11.5 Å². The van der Waals surface area contributed by atoms with Crippen LogP contribution in [0.1, 0.15) is 17.2 Å². The van der Waals surface area contributed by atoms with Gasteiger partial charge in [-0.05, 0) is 45.8 Å². The average molecular weight is 375 g/mol. The molecule has 0 saturated carbocycles. The summed E-state index contributed by atoms with van der Waals surface area (Å²) in [4.78, 5) is 0. The zero-order valence-corrected chi connectivity index (χ0v) is 13.8. The van der Waals surface area contributed by atoms with Crippen molar-refractivity contribution in [3.05, 3.63) is 56.8 Å². The number of nitrogens with two attached hydrogens (primary N) is 1. The van der Waals surface area contributed by atoms with Crippen molar-refractivity contribution in [3.63, 3.8) is 0 Å². The molecule has 0 spiro atoms. The third kappa shape index (κ3) is 3.31. The van der Waals surface area contributed by atoms with Gasteiger partial charge in [0.25, 0.3) is 0 Å². The Kier molecular flexibility index (Phi) is 5.08. The van der Waals surface area contributed by atoms with E-state index in [0.717, 1.165) is 4.47 Å². The van der Waals surface area contributed by atoms with Crippen molar-refractivity contribution in [1.29, 1.82) is 0 Å². The van der Waals surface area contributed by atoms with Crippen molar-refractivity contribution in [2.75, 3.05) is 14.2 Å². The van der Waals surface area contributed by atoms with Crippen LogP contribution < -0.4 is 15.2 Å². The van der Waals surface area contributed by atoms with Crippen LogP contribution in [0.3, 0.4) is 0 Å². The molecule has 0 heterocycles. The van der Waals surface area contributed by atoms with Crippen LogP contribution in [-0.4, -0.2) is 14.2 Å². The van der Waals surface area contributed by atoms with E-state index in [4.69, 9.17) is 26.8 Å². The minimum atomic E-state index is -0.561. The molecule has 6 heteroatoms. The van der Waals surface area contributed by atoms with Gasteiger partial charge in [0.1, 0.15) is 17.3 Å². The molecule has 1 unspecified atom stereocenters. The number of rotatable bonds is 4. The van der Waals surface area contributed by atoms with E-state index in [1.165, 1.54) is 12.1 Å². The molecule has 0 fully saturated rings. The highest BCUT2D eigenvalue weighted by Crippen LogP contribution is 2.37. The predicted molar refractivity (Wildman–Crippen MR) is 84.7 cm³/mol. The van der Waals surface area contributed by atoms with Crippen LogP contribution in [0.25, 0.3) is 0 Å². The molecule has 1 atom stereocenters. The van der Waals surface area contributed by atoms with Crippen LogP contribution in [0.5, 0.6) is 11.5 Å². The smallest absolute Gasteiger partial charge is 0.142 e. The van der Waals surface area contributed by atoms with Crippen molar-refractivity contribution in [2.24, 2.45) is 5.73 Å². The fourth-order valence-electron chi connectivity index (χ4n) is 2.01. The Labute approximate surface area is 135 Å². The maximum absolute atomic E-state index is 13.6. The molecule has 0 saturated heterocycles. The summed E-state index contributed by atoms with van der Waals surface area (Å²) in [6.45, 7) is 0. The lowest BCUT2D eigenvalue weighted by Gasteiger charge is -2.18. The van der Waals surface area contributed by atoms with Crippen molar-refractivity contribution >= 4 is 27.5 Å². The van der Waals surface area contributed by atoms with Gasteiger partial charge in [-0.2, -0.15) is 0 Å². The van der Waals surface area contributed by atoms with Crippen molar-refractivity contribution in [1.82, 2.24) is 0 Å². The third-order valence-corrected chi connectivity index (χ3v) is 4.07. The number of hydrogen-bond donors (Lipinski definition) is 1. The van der Waals surface area contributed by atoms with E-state index in [-0.39, 0.29) is 5.02 Å². The minimum Gasteiger partial charge on any atom is -0.496 e. The maximum atomic E-state index is 13.6. The van der Waals surface area contributed by atoms with Crippen LogP contribution in [0, 0.1) is 5.82 Å². The lowest BCUT2D eigenvalue weighted by atomic mass is 9.98. The quantitative estimate of drug-likeness (QED) is 0.867. The molecule has 2 aromatic carbocycles. The second-order valence-corrected chi connectivity index (χ2v) is 5.64. The van der Waals surface area contributed by atoms with E-state index < -0.39 is 11.9 Å². The summed E-state index contributed by atoms with van der Waals surface area (Å²) in [6.07, 6.45) is 0. The van der Waals surface area contributed by atoms with Gasteiger partial charge in [0, 0.05) is 5.56 Å². The van der Waals surface area contributed by atoms with Gasteiger partial charge in [0.15, 0.2) is 0 Å². The zero-order valence-electron chi connectivity index (χ0n) is 11.5. The molecule has 21 heavy (non-hydrogen) atoms. The van der Waals surface area contributed by atoms with Crippen LogP contribution >= 0.6 is 27.5 Å². The topological polar surface area (TPSA) is 44.5 Å². The Morgan fingerprint density at radius 2 is 1.81 bits per heavy atom. The number of methoxy groups -OCH3 is 2. The molecule has 0 radical (unpaired) electrons. The molecule has 0 aromatic heterocycles. The highest BCUT2D eigenvalue weighted by molar-refractivity contribution is 9.10. The largest absolute Gasteiger partial charge is 0.496 e. The molecule has 112 valence electrons. The summed E-state index contributed by atoms with van der Waals surface area (Å²) in [5.74, 6) is 0.703. The SMILES string of the molecule is COc1cc(C(N)c2ccc(Cl)c(F)c2)c(OC)cc1Br. The van der Waals surface area contributed by atoms with E-state index in [9.17, 15) is 4.39 Å². The Balaban J connectivity index is 2.50. The van der Waals surface area contributed by atoms with Crippen LogP contribution in [-0.2, 0) is 0 Å². The van der Waals surface area contributed by atoms with E-state index in [0.29, 0.717) is 22.6 Å². The first-order chi connectivity index (χ1) is 9.97. The highest BCUT2D eigenvalue weighted by atomic mass is 79.9. The number of halogens is 3. The van der Waals surface area contributed by atoms with E-state index in [2.05, 4.69) is 15.9 Å². The Morgan fingerprint density at radius 3 is 2.38 bits per heavy atom. The van der Waals surface area contributed by atoms with Gasteiger partial charge in [-0.25, -0.2) is 4.39 Å². The summed E-state index contributed by atoms with van der Waals surface area (Å²) >= 11 is 9.08. The highest BCUT2D eigenvalue weighted by Gasteiger charge is 2.18. The third-order valence-electron chi connectivity index (χ3n) is 3.14. The summed E-state index contributed by atoms with van der Waals surface area (Å²) in [6, 6.07) is 7.45. The molecule has 0 aliphatic heterocycles. The van der Waals surface area contributed by atoms with Gasteiger partial charge < -0.3 is 15.2 Å². The van der Waals surface area contributed by atoms with E-state index >= 15 is 0 Å². The zero-order chi connectivity index (χ0) is 15.6. The van der Waals surface area contributed by atoms with Gasteiger partial charge in [-0.1, -0.05) is 17.7 Å². The van der Waals surface area contributed by atoms with Crippen molar-refractivity contribution < 1.29 is 13.9 Å². The lowest BCUT2D eigenvalue weighted by Crippen LogP contribution is -2.13. The summed E-state index contributed by atoms with van der Waals surface area (Å²) in [5.41, 5.74) is 7.52. The molecule has 2 aromatic rings. The van der Waals surface area contributed by atoms with Gasteiger partial charge in [0.05, 0.1) is 29.8 Å². The maximum Gasteiger partial charge on any atom is 0.142 e. The lowest BCUT2D eigenvalue weighted by molar-refractivity contribution is 0.395. The molecule has 2 rings (SSSR count). The fraction of sp³-hybridized carbons (Fsp3) is 0.200. The Bertz CT molecular complexity index is 666. The minimum absolute atomic E-state index is 0.0614.